The first kappa shape index (κ1) is 10.9. The standard InChI is InChI=1S/C13H14O5/c14-9-8-6-15-13(16-8)11-10(9)17-12(18-11)7-4-2-1-3-5-7/h1-5,8-14H,6H2/t8-,9-,10+,11+,12?,13?/m1/s1. The van der Waals surface area contributed by atoms with Gasteiger partial charge in [0.25, 0.3) is 0 Å². The molecule has 18 heavy (non-hydrogen) atoms. The molecule has 0 spiro atoms. The van der Waals surface area contributed by atoms with Crippen LogP contribution >= 0.6 is 0 Å². The Morgan fingerprint density at radius 2 is 1.78 bits per heavy atom. The Balaban J connectivity index is 1.60. The smallest absolute Gasteiger partial charge is 0.187 e. The molecule has 3 heterocycles. The van der Waals surface area contributed by atoms with E-state index in [0.29, 0.717) is 6.61 Å². The summed E-state index contributed by atoms with van der Waals surface area (Å²) in [7, 11) is 0. The first-order chi connectivity index (χ1) is 8.83. The van der Waals surface area contributed by atoms with Gasteiger partial charge in [0.1, 0.15) is 24.4 Å². The third-order valence-corrected chi connectivity index (χ3v) is 3.68. The Morgan fingerprint density at radius 3 is 2.61 bits per heavy atom. The second-order valence-electron chi connectivity index (χ2n) is 4.81. The van der Waals surface area contributed by atoms with Gasteiger partial charge >= 0.3 is 0 Å². The summed E-state index contributed by atoms with van der Waals surface area (Å²) in [6, 6.07) is 9.68. The first-order valence-corrected chi connectivity index (χ1v) is 6.14. The van der Waals surface area contributed by atoms with Gasteiger partial charge in [-0.15, -0.1) is 0 Å². The highest BCUT2D eigenvalue weighted by atomic mass is 16.8. The summed E-state index contributed by atoms with van der Waals surface area (Å²) in [6.45, 7) is 0.404. The minimum atomic E-state index is -0.692. The van der Waals surface area contributed by atoms with Gasteiger partial charge in [0.2, 0.25) is 0 Å². The number of benzene rings is 1. The molecule has 0 aliphatic carbocycles. The molecular weight excluding hydrogens is 236 g/mol. The molecule has 3 aliphatic rings. The average molecular weight is 250 g/mol. The highest BCUT2D eigenvalue weighted by Gasteiger charge is 2.56. The molecule has 1 aromatic rings. The third kappa shape index (κ3) is 1.52. The van der Waals surface area contributed by atoms with Crippen LogP contribution in [0.25, 0.3) is 0 Å². The number of hydrogen-bond acceptors (Lipinski definition) is 5. The van der Waals surface area contributed by atoms with Crippen LogP contribution in [0.15, 0.2) is 30.3 Å². The van der Waals surface area contributed by atoms with Gasteiger partial charge < -0.3 is 24.1 Å². The molecule has 0 radical (unpaired) electrons. The van der Waals surface area contributed by atoms with Crippen LogP contribution in [0, 0.1) is 0 Å². The van der Waals surface area contributed by atoms with E-state index < -0.39 is 18.7 Å². The zero-order valence-corrected chi connectivity index (χ0v) is 9.64. The summed E-state index contributed by atoms with van der Waals surface area (Å²) in [5.74, 6) is 0. The molecule has 2 bridgehead atoms. The van der Waals surface area contributed by atoms with Gasteiger partial charge in [0.05, 0.1) is 6.61 Å². The highest BCUT2D eigenvalue weighted by Crippen LogP contribution is 2.41. The maximum absolute atomic E-state index is 10.1. The fourth-order valence-corrected chi connectivity index (χ4v) is 2.74. The lowest BCUT2D eigenvalue weighted by atomic mass is 10.0. The van der Waals surface area contributed by atoms with Crippen LogP contribution in [0.3, 0.4) is 0 Å². The lowest BCUT2D eigenvalue weighted by molar-refractivity contribution is -0.194. The average Bonchev–Trinajstić information content (AvgIpc) is 3.04. The minimum absolute atomic E-state index is 0.297. The van der Waals surface area contributed by atoms with Crippen LogP contribution in [0.2, 0.25) is 0 Å². The molecule has 0 amide bonds. The molecule has 96 valence electrons. The molecule has 0 aromatic heterocycles. The summed E-state index contributed by atoms with van der Waals surface area (Å²) in [6.07, 6.45) is -2.60. The summed E-state index contributed by atoms with van der Waals surface area (Å²) in [5, 5.41) is 10.1. The van der Waals surface area contributed by atoms with E-state index in [9.17, 15) is 5.11 Å². The second-order valence-corrected chi connectivity index (χ2v) is 4.81. The van der Waals surface area contributed by atoms with E-state index in [1.807, 2.05) is 30.3 Å². The summed E-state index contributed by atoms with van der Waals surface area (Å²) in [4.78, 5) is 0. The molecule has 6 atom stereocenters. The quantitative estimate of drug-likeness (QED) is 0.790. The Hall–Kier alpha value is -0.980. The molecule has 3 saturated heterocycles. The van der Waals surface area contributed by atoms with Crippen molar-refractivity contribution >= 4 is 0 Å². The number of hydrogen-bond donors (Lipinski definition) is 1. The van der Waals surface area contributed by atoms with Crippen molar-refractivity contribution in [2.75, 3.05) is 6.61 Å². The molecular formula is C13H14O5. The molecule has 4 rings (SSSR count). The lowest BCUT2D eigenvalue weighted by Crippen LogP contribution is -2.52. The Morgan fingerprint density at radius 1 is 1.00 bits per heavy atom. The van der Waals surface area contributed by atoms with E-state index in [1.54, 1.807) is 0 Å². The van der Waals surface area contributed by atoms with Gasteiger partial charge in [-0.05, 0) is 0 Å². The zero-order chi connectivity index (χ0) is 12.1. The first-order valence-electron chi connectivity index (χ1n) is 6.14. The number of aliphatic hydroxyl groups excluding tert-OH is 1. The van der Waals surface area contributed by atoms with Gasteiger partial charge in [-0.3, -0.25) is 0 Å². The van der Waals surface area contributed by atoms with Gasteiger partial charge in [-0.2, -0.15) is 0 Å². The molecule has 5 heteroatoms. The van der Waals surface area contributed by atoms with Gasteiger partial charge in [-0.1, -0.05) is 30.3 Å². The number of ether oxygens (including phenoxy) is 4. The number of aliphatic hydroxyl groups is 1. The van der Waals surface area contributed by atoms with Crippen molar-refractivity contribution in [1.29, 1.82) is 0 Å². The lowest BCUT2D eigenvalue weighted by Gasteiger charge is -2.31. The van der Waals surface area contributed by atoms with Crippen LogP contribution < -0.4 is 0 Å². The summed E-state index contributed by atoms with van der Waals surface area (Å²) < 4.78 is 22.6. The van der Waals surface area contributed by atoms with E-state index in [-0.39, 0.29) is 18.3 Å². The SMILES string of the molecule is O[C@H]1[C@@H]2OC(c3ccccc3)O[C@@H]2C2OC[C@H]1O2. The second kappa shape index (κ2) is 4.01. The summed E-state index contributed by atoms with van der Waals surface area (Å²) >= 11 is 0. The zero-order valence-electron chi connectivity index (χ0n) is 9.64. The monoisotopic (exact) mass is 250 g/mol. The molecule has 1 aromatic carbocycles. The van der Waals surface area contributed by atoms with Crippen molar-refractivity contribution in [2.24, 2.45) is 0 Å². The van der Waals surface area contributed by atoms with E-state index in [1.165, 1.54) is 0 Å². The van der Waals surface area contributed by atoms with Crippen LogP contribution in [0.1, 0.15) is 11.9 Å². The highest BCUT2D eigenvalue weighted by molar-refractivity contribution is 5.17. The van der Waals surface area contributed by atoms with Crippen LogP contribution in [-0.2, 0) is 18.9 Å². The maximum Gasteiger partial charge on any atom is 0.187 e. The predicted octanol–water partition coefficient (Wildman–Crippen LogP) is 0.585. The van der Waals surface area contributed by atoms with Crippen molar-refractivity contribution < 1.29 is 24.1 Å². The van der Waals surface area contributed by atoms with Crippen molar-refractivity contribution in [2.45, 2.75) is 37.0 Å². The molecule has 0 saturated carbocycles. The Labute approximate surface area is 104 Å². The molecule has 1 N–H and O–H groups in total. The normalized spacial score (nSPS) is 46.1. The topological polar surface area (TPSA) is 57.2 Å². The van der Waals surface area contributed by atoms with Crippen molar-refractivity contribution in [1.82, 2.24) is 0 Å². The maximum atomic E-state index is 10.1. The molecule has 2 unspecified atom stereocenters. The predicted molar refractivity (Wildman–Crippen MR) is 59.5 cm³/mol. The molecule has 3 fully saturated rings. The van der Waals surface area contributed by atoms with E-state index in [4.69, 9.17) is 18.9 Å². The largest absolute Gasteiger partial charge is 0.387 e. The van der Waals surface area contributed by atoms with E-state index in [0.717, 1.165) is 5.56 Å². The third-order valence-electron chi connectivity index (χ3n) is 3.68. The number of rotatable bonds is 1. The van der Waals surface area contributed by atoms with Crippen LogP contribution in [0.4, 0.5) is 0 Å². The van der Waals surface area contributed by atoms with Gasteiger partial charge in [0, 0.05) is 5.56 Å². The molecule has 3 aliphatic heterocycles. The van der Waals surface area contributed by atoms with Crippen LogP contribution in [-0.4, -0.2) is 42.4 Å². The van der Waals surface area contributed by atoms with Crippen LogP contribution in [0.5, 0.6) is 0 Å². The van der Waals surface area contributed by atoms with E-state index >= 15 is 0 Å². The fraction of sp³-hybridized carbons (Fsp3) is 0.538. The Bertz CT molecular complexity index is 430. The van der Waals surface area contributed by atoms with Crippen molar-refractivity contribution in [3.63, 3.8) is 0 Å². The molecule has 5 nitrogen and oxygen atoms in total. The minimum Gasteiger partial charge on any atom is -0.387 e. The van der Waals surface area contributed by atoms with Crippen molar-refractivity contribution in [3.8, 4) is 0 Å². The fourth-order valence-electron chi connectivity index (χ4n) is 2.74. The Kier molecular flexibility index (Phi) is 2.43. The van der Waals surface area contributed by atoms with Gasteiger partial charge in [-0.25, -0.2) is 0 Å². The van der Waals surface area contributed by atoms with Crippen molar-refractivity contribution in [3.05, 3.63) is 35.9 Å². The summed E-state index contributed by atoms with van der Waals surface area (Å²) in [5.41, 5.74) is 0.940. The van der Waals surface area contributed by atoms with Gasteiger partial charge in [0.15, 0.2) is 12.6 Å². The van der Waals surface area contributed by atoms with E-state index in [2.05, 4.69) is 0 Å². The number of fused-ring (bicyclic) bond motifs is 4.